The van der Waals surface area contributed by atoms with Gasteiger partial charge in [-0.15, -0.1) is 23.2 Å². The Morgan fingerprint density at radius 2 is 1.50 bits per heavy atom. The van der Waals surface area contributed by atoms with Crippen molar-refractivity contribution in [2.75, 3.05) is 25.7 Å². The van der Waals surface area contributed by atoms with Gasteiger partial charge in [0.1, 0.15) is 22.9 Å². The predicted molar refractivity (Wildman–Crippen MR) is 150 cm³/mol. The van der Waals surface area contributed by atoms with Crippen molar-refractivity contribution in [1.29, 1.82) is 0 Å². The summed E-state index contributed by atoms with van der Waals surface area (Å²) in [7, 11) is 2.48. The van der Waals surface area contributed by atoms with Gasteiger partial charge in [-0.2, -0.15) is 0 Å². The topological polar surface area (TPSA) is 113 Å². The standard InChI is InChI=1S/C30H23Cl2F5N2O7/c1-4-38-25(41)12-6-5-11-13(16(12)26(38)42)9-29(31)27(43)39(24-22(36)20(34)19(33)21(35)23(24)37)28(44)30(29,32)18(11)17-14(40)7-10(45-2)8-15(17)46-3/h5,7-8,12-13,16,18,40H,4,6,9H2,1-3H3. The zero-order chi connectivity index (χ0) is 33.8. The molecule has 6 rings (SSSR count). The molecule has 1 saturated carbocycles. The highest BCUT2D eigenvalue weighted by Crippen LogP contribution is 2.67. The van der Waals surface area contributed by atoms with Crippen molar-refractivity contribution < 1.29 is 55.7 Å². The Morgan fingerprint density at radius 3 is 2.07 bits per heavy atom. The molecule has 1 N–H and O–H groups in total. The monoisotopic (exact) mass is 688 g/mol. The molecule has 4 aliphatic rings. The third-order valence-electron chi connectivity index (χ3n) is 9.47. The van der Waals surface area contributed by atoms with E-state index in [1.165, 1.54) is 26.4 Å². The lowest BCUT2D eigenvalue weighted by atomic mass is 9.56. The summed E-state index contributed by atoms with van der Waals surface area (Å²) in [5, 5.41) is 11.3. The molecular formula is C30H23Cl2F5N2O7. The Kier molecular flexibility index (Phi) is 7.36. The van der Waals surface area contributed by atoms with Crippen LogP contribution in [0.25, 0.3) is 0 Å². The van der Waals surface area contributed by atoms with Gasteiger partial charge in [0.05, 0.1) is 26.1 Å². The summed E-state index contributed by atoms with van der Waals surface area (Å²) in [4.78, 5) is 50.4. The van der Waals surface area contributed by atoms with Gasteiger partial charge >= 0.3 is 0 Å². The van der Waals surface area contributed by atoms with Gasteiger partial charge < -0.3 is 14.6 Å². The Balaban J connectivity index is 1.65. The molecule has 0 radical (unpaired) electrons. The van der Waals surface area contributed by atoms with Gasteiger partial charge in [0.15, 0.2) is 33.0 Å². The maximum Gasteiger partial charge on any atom is 0.258 e. The number of fused-ring (bicyclic) bond motifs is 4. The number of nitrogens with zero attached hydrogens (tertiary/aromatic N) is 2. The minimum atomic E-state index is -2.81. The summed E-state index contributed by atoms with van der Waals surface area (Å²) in [5.41, 5.74) is -1.97. The highest BCUT2D eigenvalue weighted by Gasteiger charge is 2.77. The summed E-state index contributed by atoms with van der Waals surface area (Å²) >= 11 is 14.1. The van der Waals surface area contributed by atoms with Crippen LogP contribution in [0.5, 0.6) is 17.2 Å². The average molecular weight is 689 g/mol. The second kappa shape index (κ2) is 10.6. The van der Waals surface area contributed by atoms with Gasteiger partial charge in [0.25, 0.3) is 11.8 Å². The van der Waals surface area contributed by atoms with E-state index in [-0.39, 0.29) is 40.5 Å². The molecule has 46 heavy (non-hydrogen) atoms. The number of likely N-dealkylation sites (tertiary alicyclic amines) is 1. The van der Waals surface area contributed by atoms with E-state index in [2.05, 4.69) is 0 Å². The first-order chi connectivity index (χ1) is 21.6. The van der Waals surface area contributed by atoms with Crippen molar-refractivity contribution >= 4 is 52.5 Å². The predicted octanol–water partition coefficient (Wildman–Crippen LogP) is 4.69. The Morgan fingerprint density at radius 1 is 0.891 bits per heavy atom. The fraction of sp³-hybridized carbons (Fsp3) is 0.400. The molecule has 0 bridgehead atoms. The van der Waals surface area contributed by atoms with Crippen LogP contribution in [-0.4, -0.2) is 64.1 Å². The van der Waals surface area contributed by atoms with Crippen molar-refractivity contribution in [2.24, 2.45) is 17.8 Å². The van der Waals surface area contributed by atoms with Crippen molar-refractivity contribution in [1.82, 2.24) is 4.90 Å². The number of rotatable bonds is 5. The number of allylic oxidation sites excluding steroid dienone is 2. The van der Waals surface area contributed by atoms with E-state index < -0.39 is 104 Å². The quantitative estimate of drug-likeness (QED) is 0.121. The number of halogens is 7. The van der Waals surface area contributed by atoms with Gasteiger partial charge in [-0.3, -0.25) is 24.1 Å². The Bertz CT molecular complexity index is 1780. The van der Waals surface area contributed by atoms with Gasteiger partial charge in [0.2, 0.25) is 17.6 Å². The number of phenolic OH excluding ortho intramolecular Hbond substituents is 1. The third-order valence-corrected chi connectivity index (χ3v) is 10.9. The van der Waals surface area contributed by atoms with Gasteiger partial charge in [-0.05, 0) is 25.7 Å². The minimum Gasteiger partial charge on any atom is -0.507 e. The maximum atomic E-state index is 15.1. The van der Waals surface area contributed by atoms with E-state index in [0.717, 1.165) is 11.0 Å². The third kappa shape index (κ3) is 3.79. The number of amides is 4. The van der Waals surface area contributed by atoms with Crippen LogP contribution >= 0.6 is 23.2 Å². The zero-order valence-electron chi connectivity index (χ0n) is 24.1. The van der Waals surface area contributed by atoms with E-state index in [4.69, 9.17) is 32.7 Å². The van der Waals surface area contributed by atoms with Crippen LogP contribution < -0.4 is 14.4 Å². The van der Waals surface area contributed by atoms with E-state index in [1.807, 2.05) is 0 Å². The smallest absolute Gasteiger partial charge is 0.258 e. The summed E-state index contributed by atoms with van der Waals surface area (Å²) in [6.45, 7) is 1.61. The normalized spacial score (nSPS) is 30.3. The van der Waals surface area contributed by atoms with Gasteiger partial charge in [-0.1, -0.05) is 11.6 Å². The summed E-state index contributed by atoms with van der Waals surface area (Å²) in [5.74, 6) is -22.3. The molecule has 4 amide bonds. The first kappa shape index (κ1) is 32.0. The van der Waals surface area contributed by atoms with Crippen LogP contribution in [0.2, 0.25) is 0 Å². The lowest BCUT2D eigenvalue weighted by Crippen LogP contribution is -2.60. The molecule has 6 unspecified atom stereocenters. The number of ether oxygens (including phenoxy) is 2. The second-order valence-corrected chi connectivity index (χ2v) is 12.6. The number of methoxy groups -OCH3 is 2. The van der Waals surface area contributed by atoms with E-state index >= 15 is 8.78 Å². The molecule has 6 atom stereocenters. The highest BCUT2D eigenvalue weighted by atomic mass is 35.5. The number of benzene rings is 2. The lowest BCUT2D eigenvalue weighted by molar-refractivity contribution is -0.140. The molecule has 0 spiro atoms. The zero-order valence-corrected chi connectivity index (χ0v) is 25.6. The largest absolute Gasteiger partial charge is 0.507 e. The second-order valence-electron chi connectivity index (χ2n) is 11.4. The Hall–Kier alpha value is -3.91. The first-order valence-corrected chi connectivity index (χ1v) is 14.7. The molecular weight excluding hydrogens is 666 g/mol. The fourth-order valence-corrected chi connectivity index (χ4v) is 8.34. The number of anilines is 1. The molecule has 0 aromatic heterocycles. The van der Waals surface area contributed by atoms with Crippen LogP contribution in [0.4, 0.5) is 27.6 Å². The highest BCUT2D eigenvalue weighted by molar-refractivity contribution is 6.58. The molecule has 2 aliphatic carbocycles. The molecule has 9 nitrogen and oxygen atoms in total. The van der Waals surface area contributed by atoms with Crippen molar-refractivity contribution in [2.45, 2.75) is 35.4 Å². The number of hydrogen-bond acceptors (Lipinski definition) is 7. The Labute approximate surface area is 267 Å². The van der Waals surface area contributed by atoms with E-state index in [1.54, 1.807) is 6.92 Å². The fourth-order valence-electron chi connectivity index (χ4n) is 7.43. The average Bonchev–Trinajstić information content (AvgIpc) is 3.36. The van der Waals surface area contributed by atoms with Crippen LogP contribution in [0.1, 0.15) is 31.2 Å². The number of carbonyl (C=O) groups is 4. The first-order valence-electron chi connectivity index (χ1n) is 13.9. The maximum absolute atomic E-state index is 15.1. The molecule has 2 aromatic carbocycles. The minimum absolute atomic E-state index is 0.0279. The molecule has 2 heterocycles. The number of hydrogen-bond donors (Lipinski definition) is 1. The van der Waals surface area contributed by atoms with Gasteiger partial charge in [-0.25, -0.2) is 26.9 Å². The van der Waals surface area contributed by atoms with Crippen LogP contribution in [0.3, 0.4) is 0 Å². The van der Waals surface area contributed by atoms with E-state index in [9.17, 15) is 37.5 Å². The number of imide groups is 2. The molecule has 16 heteroatoms. The van der Waals surface area contributed by atoms with Crippen molar-refractivity contribution in [3.05, 3.63) is 58.4 Å². The number of phenols is 1. The molecule has 244 valence electrons. The molecule has 3 fully saturated rings. The van der Waals surface area contributed by atoms with Crippen LogP contribution in [0, 0.1) is 46.8 Å². The summed E-state index contributed by atoms with van der Waals surface area (Å²) in [6.07, 6.45) is 0.830. The molecule has 2 aromatic rings. The SMILES string of the molecule is CCN1C(=O)C2CC=C3C(CC4(Cl)C(=O)N(c5c(F)c(F)c(F)c(F)c5F)C(=O)C4(Cl)C3c3c(O)cc(OC)cc3OC)C2C1=O. The molecule has 2 aliphatic heterocycles. The van der Waals surface area contributed by atoms with Crippen LogP contribution in [0.15, 0.2) is 23.8 Å². The number of carbonyl (C=O) groups excluding carboxylic acids is 4. The number of aromatic hydroxyl groups is 1. The van der Waals surface area contributed by atoms with Crippen molar-refractivity contribution in [3.8, 4) is 17.2 Å². The van der Waals surface area contributed by atoms with Gasteiger partial charge in [0, 0.05) is 30.2 Å². The summed E-state index contributed by atoms with van der Waals surface area (Å²) in [6, 6.07) is 2.42. The van der Waals surface area contributed by atoms with E-state index in [0.29, 0.717) is 0 Å². The van der Waals surface area contributed by atoms with Crippen LogP contribution in [-0.2, 0) is 19.2 Å². The summed E-state index contributed by atoms with van der Waals surface area (Å²) < 4.78 is 83.6. The molecule has 2 saturated heterocycles. The number of alkyl halides is 2. The van der Waals surface area contributed by atoms with Crippen molar-refractivity contribution in [3.63, 3.8) is 0 Å². The lowest BCUT2D eigenvalue weighted by Gasteiger charge is -2.50.